The van der Waals surface area contributed by atoms with Gasteiger partial charge in [0, 0.05) is 39.5 Å². The maximum atomic E-state index is 2.43. The minimum atomic E-state index is -0.0162. The monoisotopic (exact) mass is 682 g/mol. The molecule has 2 aliphatic rings. The highest BCUT2D eigenvalue weighted by atomic mass is 15.1. The summed E-state index contributed by atoms with van der Waals surface area (Å²) in [5.41, 5.74) is 17.4. The molecule has 0 amide bonds. The Balaban J connectivity index is 1.02. The van der Waals surface area contributed by atoms with E-state index in [0.29, 0.717) is 0 Å². The molecule has 0 fully saturated rings. The number of fused-ring (bicyclic) bond motifs is 2. The Morgan fingerprint density at radius 1 is 0.415 bits per heavy atom. The van der Waals surface area contributed by atoms with Crippen LogP contribution >= 0.6 is 0 Å². The molecule has 2 nitrogen and oxygen atoms in total. The molecule has 0 N–H and O–H groups in total. The second-order valence-corrected chi connectivity index (χ2v) is 14.5. The molecule has 53 heavy (non-hydrogen) atoms. The molecule has 2 aliphatic carbocycles. The van der Waals surface area contributed by atoms with E-state index in [0.717, 1.165) is 41.3 Å². The smallest absolute Gasteiger partial charge is 0.0465 e. The summed E-state index contributed by atoms with van der Waals surface area (Å²) in [6.45, 7) is 4.75. The van der Waals surface area contributed by atoms with Crippen molar-refractivity contribution in [3.63, 3.8) is 0 Å². The number of allylic oxidation sites excluding steroid dienone is 4. The van der Waals surface area contributed by atoms with Gasteiger partial charge in [-0.15, -0.1) is 0 Å². The summed E-state index contributed by atoms with van der Waals surface area (Å²) in [7, 11) is 0. The highest BCUT2D eigenvalue weighted by molar-refractivity contribution is 5.87. The predicted octanol–water partition coefficient (Wildman–Crippen LogP) is 14.4. The van der Waals surface area contributed by atoms with E-state index in [9.17, 15) is 0 Å². The molecule has 0 aromatic heterocycles. The number of nitrogens with zero attached hydrogens (tertiary/aromatic N) is 2. The van der Waals surface area contributed by atoms with Crippen molar-refractivity contribution in [1.29, 1.82) is 0 Å². The molecule has 7 aromatic rings. The topological polar surface area (TPSA) is 6.48 Å². The van der Waals surface area contributed by atoms with E-state index in [-0.39, 0.29) is 5.41 Å². The van der Waals surface area contributed by atoms with E-state index in [1.165, 1.54) is 50.2 Å². The van der Waals surface area contributed by atoms with Gasteiger partial charge in [-0.05, 0) is 130 Å². The summed E-state index contributed by atoms with van der Waals surface area (Å²) in [6.07, 6.45) is 6.94. The zero-order valence-electron chi connectivity index (χ0n) is 30.3. The van der Waals surface area contributed by atoms with Crippen LogP contribution in [0.15, 0.2) is 200 Å². The van der Waals surface area contributed by atoms with E-state index in [2.05, 4.69) is 218 Å². The number of para-hydroxylation sites is 2. The molecule has 256 valence electrons. The van der Waals surface area contributed by atoms with Crippen molar-refractivity contribution in [3.8, 4) is 22.3 Å². The van der Waals surface area contributed by atoms with Gasteiger partial charge in [-0.1, -0.05) is 135 Å². The number of hydrogen-bond donors (Lipinski definition) is 0. The average Bonchev–Trinajstić information content (AvgIpc) is 3.45. The number of rotatable bonds is 8. The van der Waals surface area contributed by atoms with E-state index in [1.807, 2.05) is 0 Å². The molecule has 9 rings (SSSR count). The summed E-state index contributed by atoms with van der Waals surface area (Å²) in [6, 6.07) is 65.7. The number of benzene rings is 7. The lowest BCUT2D eigenvalue weighted by Crippen LogP contribution is -2.18. The fourth-order valence-electron chi connectivity index (χ4n) is 8.21. The lowest BCUT2D eigenvalue weighted by Gasteiger charge is -2.29. The van der Waals surface area contributed by atoms with Crippen molar-refractivity contribution in [1.82, 2.24) is 0 Å². The van der Waals surface area contributed by atoms with E-state index >= 15 is 0 Å². The van der Waals surface area contributed by atoms with Crippen molar-refractivity contribution >= 4 is 39.7 Å². The highest BCUT2D eigenvalue weighted by Gasteiger charge is 2.37. The summed E-state index contributed by atoms with van der Waals surface area (Å²) in [5, 5.41) is 0. The molecule has 0 saturated heterocycles. The molecule has 0 unspecified atom stereocenters. The van der Waals surface area contributed by atoms with Gasteiger partial charge in [0.05, 0.1) is 0 Å². The molecular weight excluding hydrogens is 641 g/mol. The third-order valence-electron chi connectivity index (χ3n) is 10.9. The minimum absolute atomic E-state index is 0.0162. The Hall–Kier alpha value is -6.38. The van der Waals surface area contributed by atoms with E-state index in [1.54, 1.807) is 0 Å². The van der Waals surface area contributed by atoms with Crippen molar-refractivity contribution in [3.05, 3.63) is 211 Å². The quantitative estimate of drug-likeness (QED) is 0.157. The molecule has 0 bridgehead atoms. The second-order valence-electron chi connectivity index (χ2n) is 14.5. The third kappa shape index (κ3) is 6.07. The van der Waals surface area contributed by atoms with E-state index < -0.39 is 0 Å². The lowest BCUT2D eigenvalue weighted by atomic mass is 9.80. The second kappa shape index (κ2) is 13.6. The number of hydrogen-bond acceptors (Lipinski definition) is 2. The van der Waals surface area contributed by atoms with Crippen molar-refractivity contribution in [2.75, 3.05) is 9.80 Å². The maximum absolute atomic E-state index is 2.43. The third-order valence-corrected chi connectivity index (χ3v) is 10.9. The van der Waals surface area contributed by atoms with E-state index in [4.69, 9.17) is 0 Å². The van der Waals surface area contributed by atoms with Gasteiger partial charge in [0.15, 0.2) is 0 Å². The van der Waals surface area contributed by atoms with Gasteiger partial charge in [-0.2, -0.15) is 0 Å². The van der Waals surface area contributed by atoms with Crippen molar-refractivity contribution in [2.24, 2.45) is 0 Å². The van der Waals surface area contributed by atoms with Crippen LogP contribution in [-0.2, 0) is 5.41 Å². The van der Waals surface area contributed by atoms with Gasteiger partial charge in [-0.3, -0.25) is 0 Å². The Morgan fingerprint density at radius 3 is 1.30 bits per heavy atom. The lowest BCUT2D eigenvalue weighted by molar-refractivity contribution is 0.651. The molecule has 0 spiro atoms. The largest absolute Gasteiger partial charge is 0.311 e. The van der Waals surface area contributed by atoms with Gasteiger partial charge in [0.2, 0.25) is 0 Å². The van der Waals surface area contributed by atoms with Gasteiger partial charge < -0.3 is 9.80 Å². The predicted molar refractivity (Wildman–Crippen MR) is 225 cm³/mol. The molecule has 0 aliphatic heterocycles. The first-order valence-electron chi connectivity index (χ1n) is 18.7. The molecular formula is C51H42N2. The Labute approximate surface area is 313 Å². The zero-order chi connectivity index (χ0) is 35.8. The molecule has 2 heteroatoms. The van der Waals surface area contributed by atoms with Crippen molar-refractivity contribution < 1.29 is 0 Å². The fourth-order valence-corrected chi connectivity index (χ4v) is 8.21. The van der Waals surface area contributed by atoms with Crippen LogP contribution in [0.4, 0.5) is 34.1 Å². The van der Waals surface area contributed by atoms with Crippen LogP contribution in [0.2, 0.25) is 0 Å². The first kappa shape index (κ1) is 32.5. The Bertz CT molecular complexity index is 2420. The van der Waals surface area contributed by atoms with Gasteiger partial charge >= 0.3 is 0 Å². The molecule has 0 atom stereocenters. The van der Waals surface area contributed by atoms with Crippen LogP contribution in [-0.4, -0.2) is 0 Å². The van der Waals surface area contributed by atoms with Crippen LogP contribution in [0.25, 0.3) is 27.8 Å². The SMILES string of the molecule is CC1(C)C2=C(CCC=C2)c2ccc(N(c3ccccc3)c3ccc(-c4ccc(N(c5ccccc5)c5ccc(-c6ccccc6)cc5)cc4)cc3)cc21. The Morgan fingerprint density at radius 2 is 0.811 bits per heavy atom. The molecule has 7 aromatic carbocycles. The van der Waals surface area contributed by atoms with Crippen LogP contribution in [0.5, 0.6) is 0 Å². The van der Waals surface area contributed by atoms with Gasteiger partial charge in [0.25, 0.3) is 0 Å². The first-order valence-corrected chi connectivity index (χ1v) is 18.7. The zero-order valence-corrected chi connectivity index (χ0v) is 30.3. The van der Waals surface area contributed by atoms with Crippen molar-refractivity contribution in [2.45, 2.75) is 32.1 Å². The Kier molecular flexibility index (Phi) is 8.37. The summed E-state index contributed by atoms with van der Waals surface area (Å²) < 4.78 is 0. The molecule has 0 saturated carbocycles. The standard InChI is InChI=1S/C51H42N2/c1-51(2)49-21-13-12-20-47(49)48-35-34-46(36-50(48)51)53(42-18-10-5-11-19-42)45-32-26-40(27-33-45)39-24-30-44(31-25-39)52(41-16-8-4-9-17-41)43-28-22-38(23-29-43)37-14-6-3-7-15-37/h3-11,13-19,21-36H,12,20H2,1-2H3. The summed E-state index contributed by atoms with van der Waals surface area (Å²) in [5.74, 6) is 0. The minimum Gasteiger partial charge on any atom is -0.311 e. The average molecular weight is 683 g/mol. The summed E-state index contributed by atoms with van der Waals surface area (Å²) in [4.78, 5) is 4.71. The normalized spacial score (nSPS) is 14.1. The first-order chi connectivity index (χ1) is 26.0. The van der Waals surface area contributed by atoms with Gasteiger partial charge in [-0.25, -0.2) is 0 Å². The van der Waals surface area contributed by atoms with Crippen LogP contribution < -0.4 is 9.80 Å². The van der Waals surface area contributed by atoms with Crippen LogP contribution in [0, 0.1) is 0 Å². The maximum Gasteiger partial charge on any atom is 0.0465 e. The van der Waals surface area contributed by atoms with Crippen LogP contribution in [0.1, 0.15) is 37.8 Å². The molecule has 0 heterocycles. The summed E-state index contributed by atoms with van der Waals surface area (Å²) >= 11 is 0. The highest BCUT2D eigenvalue weighted by Crippen LogP contribution is 2.51. The molecule has 0 radical (unpaired) electrons. The van der Waals surface area contributed by atoms with Gasteiger partial charge in [0.1, 0.15) is 0 Å². The number of anilines is 6. The fraction of sp³-hybridized carbons (Fsp3) is 0.0980. The van der Waals surface area contributed by atoms with Crippen LogP contribution in [0.3, 0.4) is 0 Å².